The van der Waals surface area contributed by atoms with Crippen LogP contribution in [0, 0.1) is 17.1 Å². The van der Waals surface area contributed by atoms with E-state index in [2.05, 4.69) is 0 Å². The molecule has 1 aromatic carbocycles. The molecule has 17 heavy (non-hydrogen) atoms. The molecule has 1 aromatic rings. The maximum atomic E-state index is 13.6. The molecule has 1 aliphatic rings. The molecule has 1 fully saturated rings. The molecule has 0 bridgehead atoms. The van der Waals surface area contributed by atoms with Crippen LogP contribution in [0.25, 0.3) is 0 Å². The van der Waals surface area contributed by atoms with Crippen LogP contribution in [0.4, 0.5) is 4.39 Å². The van der Waals surface area contributed by atoms with Crippen LogP contribution in [0.15, 0.2) is 18.2 Å². The van der Waals surface area contributed by atoms with Crippen LogP contribution in [-0.2, 0) is 6.54 Å². The van der Waals surface area contributed by atoms with Gasteiger partial charge < -0.3 is 10.2 Å². The van der Waals surface area contributed by atoms with Gasteiger partial charge in [-0.05, 0) is 12.1 Å². The van der Waals surface area contributed by atoms with E-state index >= 15 is 0 Å². The second-order valence-corrected chi connectivity index (χ2v) is 4.25. The van der Waals surface area contributed by atoms with Crippen molar-refractivity contribution in [2.75, 3.05) is 13.1 Å². The lowest BCUT2D eigenvalue weighted by atomic mass is 10.1. The molecule has 1 aliphatic heterocycles. The fourth-order valence-electron chi connectivity index (χ4n) is 1.96. The van der Waals surface area contributed by atoms with Crippen LogP contribution < -0.4 is 0 Å². The molecule has 0 spiro atoms. The summed E-state index contributed by atoms with van der Waals surface area (Å²) in [5, 5.41) is 27.4. The zero-order chi connectivity index (χ0) is 12.4. The van der Waals surface area contributed by atoms with Crippen molar-refractivity contribution < 1.29 is 14.6 Å². The van der Waals surface area contributed by atoms with Crippen molar-refractivity contribution in [2.24, 2.45) is 0 Å². The Bertz CT molecular complexity index is 448. The number of aliphatic hydroxyl groups excluding tert-OH is 2. The molecule has 0 aromatic heterocycles. The molecular formula is C12H13FN2O2. The van der Waals surface area contributed by atoms with Crippen molar-refractivity contribution in [1.82, 2.24) is 4.90 Å². The van der Waals surface area contributed by atoms with Crippen LogP contribution >= 0.6 is 0 Å². The Morgan fingerprint density at radius 3 is 2.53 bits per heavy atom. The second-order valence-electron chi connectivity index (χ2n) is 4.25. The van der Waals surface area contributed by atoms with Crippen molar-refractivity contribution in [3.05, 3.63) is 35.1 Å². The van der Waals surface area contributed by atoms with E-state index in [4.69, 9.17) is 5.26 Å². The standard InChI is InChI=1S/C12H13FN2O2/c13-10-3-8(4-14)1-2-9(10)5-15-6-11(16)12(17)7-15/h1-3,11-12,16-17H,5-7H2. The minimum absolute atomic E-state index is 0.285. The molecule has 2 rings (SSSR count). The highest BCUT2D eigenvalue weighted by Crippen LogP contribution is 2.17. The third-order valence-electron chi connectivity index (χ3n) is 2.91. The SMILES string of the molecule is N#Cc1ccc(CN2CC(O)C(O)C2)c(F)c1. The second kappa shape index (κ2) is 4.80. The van der Waals surface area contributed by atoms with Gasteiger partial charge in [-0.2, -0.15) is 5.26 Å². The van der Waals surface area contributed by atoms with Gasteiger partial charge in [0.15, 0.2) is 0 Å². The molecule has 1 saturated heterocycles. The summed E-state index contributed by atoms with van der Waals surface area (Å²) in [4.78, 5) is 1.78. The van der Waals surface area contributed by atoms with Gasteiger partial charge in [-0.15, -0.1) is 0 Å². The first-order valence-corrected chi connectivity index (χ1v) is 5.37. The number of halogens is 1. The summed E-state index contributed by atoms with van der Waals surface area (Å²) in [5.41, 5.74) is 0.748. The van der Waals surface area contributed by atoms with Crippen molar-refractivity contribution in [1.29, 1.82) is 5.26 Å². The Kier molecular flexibility index (Phi) is 3.38. The summed E-state index contributed by atoms with van der Waals surface area (Å²) >= 11 is 0. The lowest BCUT2D eigenvalue weighted by Crippen LogP contribution is -2.22. The van der Waals surface area contributed by atoms with Crippen LogP contribution in [-0.4, -0.2) is 40.4 Å². The van der Waals surface area contributed by atoms with Gasteiger partial charge in [0.05, 0.1) is 23.8 Å². The lowest BCUT2D eigenvalue weighted by molar-refractivity contribution is 0.0572. The number of benzene rings is 1. The average molecular weight is 236 g/mol. The maximum absolute atomic E-state index is 13.6. The Balaban J connectivity index is 2.07. The number of nitrogens with zero attached hydrogens (tertiary/aromatic N) is 2. The maximum Gasteiger partial charge on any atom is 0.129 e. The molecule has 2 unspecified atom stereocenters. The summed E-state index contributed by atoms with van der Waals surface area (Å²) in [5.74, 6) is -0.431. The van der Waals surface area contributed by atoms with Crippen LogP contribution in [0.5, 0.6) is 0 Å². The topological polar surface area (TPSA) is 67.5 Å². The summed E-state index contributed by atoms with van der Waals surface area (Å²) in [6, 6.07) is 6.18. The normalized spacial score (nSPS) is 24.8. The predicted octanol–water partition coefficient (Wildman–Crippen LogP) is 0.235. The molecule has 5 heteroatoms. The van der Waals surface area contributed by atoms with Crippen LogP contribution in [0.2, 0.25) is 0 Å². The van der Waals surface area contributed by atoms with Crippen LogP contribution in [0.1, 0.15) is 11.1 Å². The van der Waals surface area contributed by atoms with Gasteiger partial charge in [0.2, 0.25) is 0 Å². The fourth-order valence-corrected chi connectivity index (χ4v) is 1.96. The highest BCUT2D eigenvalue weighted by atomic mass is 19.1. The highest BCUT2D eigenvalue weighted by Gasteiger charge is 2.29. The molecule has 0 aliphatic carbocycles. The van der Waals surface area contributed by atoms with E-state index in [0.717, 1.165) is 0 Å². The molecule has 1 heterocycles. The minimum atomic E-state index is -0.767. The Hall–Kier alpha value is -1.48. The van der Waals surface area contributed by atoms with Gasteiger partial charge in [0, 0.05) is 25.2 Å². The fraction of sp³-hybridized carbons (Fsp3) is 0.417. The first-order valence-electron chi connectivity index (χ1n) is 5.37. The summed E-state index contributed by atoms with van der Waals surface area (Å²) in [6.07, 6.45) is -1.53. The van der Waals surface area contributed by atoms with E-state index in [9.17, 15) is 14.6 Å². The summed E-state index contributed by atoms with van der Waals surface area (Å²) < 4.78 is 13.6. The summed E-state index contributed by atoms with van der Waals surface area (Å²) in [6.45, 7) is 0.993. The number of hydrogen-bond donors (Lipinski definition) is 2. The van der Waals surface area contributed by atoms with Crippen LogP contribution in [0.3, 0.4) is 0 Å². The lowest BCUT2D eigenvalue weighted by Gasteiger charge is -2.15. The van der Waals surface area contributed by atoms with Gasteiger partial charge >= 0.3 is 0 Å². The van der Waals surface area contributed by atoms with E-state index in [1.807, 2.05) is 6.07 Å². The Labute approximate surface area is 98.5 Å². The zero-order valence-corrected chi connectivity index (χ0v) is 9.17. The first kappa shape index (κ1) is 12.0. The number of aliphatic hydroxyl groups is 2. The molecule has 90 valence electrons. The number of nitriles is 1. The Morgan fingerprint density at radius 1 is 1.35 bits per heavy atom. The average Bonchev–Trinajstić information content (AvgIpc) is 2.61. The number of hydrogen-bond acceptors (Lipinski definition) is 4. The molecular weight excluding hydrogens is 223 g/mol. The van der Waals surface area contributed by atoms with Gasteiger partial charge in [0.25, 0.3) is 0 Å². The quantitative estimate of drug-likeness (QED) is 0.771. The van der Waals surface area contributed by atoms with Gasteiger partial charge in [-0.25, -0.2) is 4.39 Å². The molecule has 0 radical (unpaired) electrons. The first-order chi connectivity index (χ1) is 8.10. The third-order valence-corrected chi connectivity index (χ3v) is 2.91. The molecule has 0 saturated carbocycles. The van der Waals surface area contributed by atoms with Crippen molar-refractivity contribution in [3.63, 3.8) is 0 Å². The smallest absolute Gasteiger partial charge is 0.129 e. The van der Waals surface area contributed by atoms with E-state index in [1.165, 1.54) is 6.07 Å². The van der Waals surface area contributed by atoms with Gasteiger partial charge in [-0.3, -0.25) is 4.90 Å². The van der Waals surface area contributed by atoms with E-state index < -0.39 is 18.0 Å². The zero-order valence-electron chi connectivity index (χ0n) is 9.17. The number of likely N-dealkylation sites (tertiary alicyclic amines) is 1. The third kappa shape index (κ3) is 2.61. The van der Waals surface area contributed by atoms with Gasteiger partial charge in [0.1, 0.15) is 5.82 Å². The van der Waals surface area contributed by atoms with E-state index in [0.29, 0.717) is 25.2 Å². The number of β-amino-alcohol motifs (C(OH)–C–C–N with tert-alkyl or cyclic N) is 2. The van der Waals surface area contributed by atoms with Crippen molar-refractivity contribution >= 4 is 0 Å². The largest absolute Gasteiger partial charge is 0.389 e. The molecule has 2 N–H and O–H groups in total. The minimum Gasteiger partial charge on any atom is -0.389 e. The van der Waals surface area contributed by atoms with E-state index in [-0.39, 0.29) is 5.56 Å². The van der Waals surface area contributed by atoms with Crippen molar-refractivity contribution in [3.8, 4) is 6.07 Å². The highest BCUT2D eigenvalue weighted by molar-refractivity contribution is 5.32. The van der Waals surface area contributed by atoms with Gasteiger partial charge in [-0.1, -0.05) is 6.07 Å². The van der Waals surface area contributed by atoms with Crippen molar-refractivity contribution in [2.45, 2.75) is 18.8 Å². The molecule has 0 amide bonds. The van der Waals surface area contributed by atoms with E-state index in [1.54, 1.807) is 17.0 Å². The Morgan fingerprint density at radius 2 is 2.00 bits per heavy atom. The number of rotatable bonds is 2. The molecule has 2 atom stereocenters. The monoisotopic (exact) mass is 236 g/mol. The predicted molar refractivity (Wildman–Crippen MR) is 58.4 cm³/mol. The molecule has 4 nitrogen and oxygen atoms in total. The summed E-state index contributed by atoms with van der Waals surface area (Å²) in [7, 11) is 0.